The predicted molar refractivity (Wildman–Crippen MR) is 75.9 cm³/mol. The number of ether oxygens (including phenoxy) is 1. The second-order valence-electron chi connectivity index (χ2n) is 4.68. The topological polar surface area (TPSA) is 55.4 Å². The molecule has 1 aromatic rings. The van der Waals surface area contributed by atoms with Crippen molar-refractivity contribution in [3.05, 3.63) is 35.4 Å². The van der Waals surface area contributed by atoms with Crippen LogP contribution in [0.5, 0.6) is 0 Å². The molecular formula is C13H18ClNO3S. The number of hydrogen-bond acceptors (Lipinski definition) is 3. The van der Waals surface area contributed by atoms with Gasteiger partial charge in [-0.05, 0) is 24.0 Å². The normalized spacial score (nSPS) is 22.4. The Balaban J connectivity index is 2.07. The minimum Gasteiger partial charge on any atom is -0.385 e. The SMILES string of the molecule is COCCCS(=O)(=O)NC1c2ccccc2CC1Cl. The number of fused-ring (bicyclic) bond motifs is 1. The van der Waals surface area contributed by atoms with Gasteiger partial charge in [-0.25, -0.2) is 13.1 Å². The molecule has 0 radical (unpaired) electrons. The lowest BCUT2D eigenvalue weighted by molar-refractivity contribution is 0.199. The highest BCUT2D eigenvalue weighted by Gasteiger charge is 2.33. The third-order valence-corrected chi connectivity index (χ3v) is 5.08. The van der Waals surface area contributed by atoms with E-state index < -0.39 is 10.0 Å². The number of sulfonamides is 1. The maximum atomic E-state index is 12.0. The van der Waals surface area contributed by atoms with E-state index in [4.69, 9.17) is 16.3 Å². The molecule has 0 aromatic heterocycles. The largest absolute Gasteiger partial charge is 0.385 e. The fourth-order valence-corrected chi connectivity index (χ4v) is 4.06. The van der Waals surface area contributed by atoms with Crippen molar-refractivity contribution in [2.45, 2.75) is 24.3 Å². The highest BCUT2D eigenvalue weighted by atomic mass is 35.5. The van der Waals surface area contributed by atoms with Crippen LogP contribution in [-0.4, -0.2) is 33.3 Å². The van der Waals surface area contributed by atoms with Crippen LogP contribution in [0.15, 0.2) is 24.3 Å². The Kier molecular flexibility index (Phi) is 4.84. The number of nitrogens with one attached hydrogen (secondary N) is 1. The zero-order valence-corrected chi connectivity index (χ0v) is 12.4. The molecule has 1 N–H and O–H groups in total. The van der Waals surface area contributed by atoms with Crippen LogP contribution in [0.4, 0.5) is 0 Å². The summed E-state index contributed by atoms with van der Waals surface area (Å²) >= 11 is 6.26. The molecule has 0 aliphatic heterocycles. The molecule has 4 nitrogen and oxygen atoms in total. The van der Waals surface area contributed by atoms with E-state index in [-0.39, 0.29) is 17.2 Å². The summed E-state index contributed by atoms with van der Waals surface area (Å²) in [6.45, 7) is 0.437. The van der Waals surface area contributed by atoms with Gasteiger partial charge >= 0.3 is 0 Å². The van der Waals surface area contributed by atoms with E-state index in [1.54, 1.807) is 7.11 Å². The van der Waals surface area contributed by atoms with Crippen LogP contribution in [0, 0.1) is 0 Å². The van der Waals surface area contributed by atoms with Gasteiger partial charge in [-0.1, -0.05) is 24.3 Å². The Labute approximate surface area is 119 Å². The average Bonchev–Trinajstić information content (AvgIpc) is 2.66. The van der Waals surface area contributed by atoms with Crippen molar-refractivity contribution in [3.63, 3.8) is 0 Å². The zero-order valence-electron chi connectivity index (χ0n) is 10.8. The minimum absolute atomic E-state index is 0.0586. The first-order valence-corrected chi connectivity index (χ1v) is 8.33. The highest BCUT2D eigenvalue weighted by molar-refractivity contribution is 7.89. The molecule has 0 saturated heterocycles. The van der Waals surface area contributed by atoms with E-state index in [0.29, 0.717) is 19.4 Å². The molecule has 1 aliphatic carbocycles. The summed E-state index contributed by atoms with van der Waals surface area (Å²) < 4.78 is 31.6. The van der Waals surface area contributed by atoms with Crippen LogP contribution >= 0.6 is 11.6 Å². The molecule has 0 spiro atoms. The van der Waals surface area contributed by atoms with Crippen LogP contribution in [-0.2, 0) is 21.2 Å². The van der Waals surface area contributed by atoms with Gasteiger partial charge in [-0.3, -0.25) is 0 Å². The summed E-state index contributed by atoms with van der Waals surface area (Å²) in [5.41, 5.74) is 2.10. The Hall–Kier alpha value is -0.620. The molecule has 1 aromatic carbocycles. The van der Waals surface area contributed by atoms with Crippen LogP contribution in [0.3, 0.4) is 0 Å². The van der Waals surface area contributed by atoms with Crippen molar-refractivity contribution in [2.75, 3.05) is 19.5 Å². The summed E-state index contributed by atoms with van der Waals surface area (Å²) in [5.74, 6) is 0.0586. The first kappa shape index (κ1) is 14.8. The lowest BCUT2D eigenvalue weighted by atomic mass is 10.1. The summed E-state index contributed by atoms with van der Waals surface area (Å²) in [6, 6.07) is 7.44. The summed E-state index contributed by atoms with van der Waals surface area (Å²) in [6.07, 6.45) is 1.18. The number of halogens is 1. The third kappa shape index (κ3) is 3.69. The molecule has 19 heavy (non-hydrogen) atoms. The molecule has 0 heterocycles. The molecule has 0 saturated carbocycles. The van der Waals surface area contributed by atoms with Crippen molar-refractivity contribution >= 4 is 21.6 Å². The Bertz CT molecular complexity index is 532. The molecule has 0 amide bonds. The van der Waals surface area contributed by atoms with Gasteiger partial charge in [0.1, 0.15) is 0 Å². The Morgan fingerprint density at radius 1 is 1.42 bits per heavy atom. The summed E-state index contributed by atoms with van der Waals surface area (Å²) in [4.78, 5) is 0. The summed E-state index contributed by atoms with van der Waals surface area (Å²) in [7, 11) is -1.77. The third-order valence-electron chi connectivity index (χ3n) is 3.23. The number of hydrogen-bond donors (Lipinski definition) is 1. The number of rotatable bonds is 6. The van der Waals surface area contributed by atoms with Gasteiger partial charge in [-0.2, -0.15) is 0 Å². The van der Waals surface area contributed by atoms with E-state index >= 15 is 0 Å². The van der Waals surface area contributed by atoms with E-state index in [1.165, 1.54) is 0 Å². The van der Waals surface area contributed by atoms with Crippen LogP contribution in [0.25, 0.3) is 0 Å². The molecule has 2 unspecified atom stereocenters. The second-order valence-corrected chi connectivity index (χ2v) is 7.11. The Morgan fingerprint density at radius 2 is 2.16 bits per heavy atom. The first-order valence-electron chi connectivity index (χ1n) is 6.24. The lowest BCUT2D eigenvalue weighted by Crippen LogP contribution is -2.33. The second kappa shape index (κ2) is 6.22. The molecule has 1 aliphatic rings. The summed E-state index contributed by atoms with van der Waals surface area (Å²) in [5, 5.41) is -0.227. The Morgan fingerprint density at radius 3 is 2.89 bits per heavy atom. The van der Waals surface area contributed by atoms with Crippen molar-refractivity contribution in [1.29, 1.82) is 0 Å². The molecular weight excluding hydrogens is 286 g/mol. The fourth-order valence-electron chi connectivity index (χ4n) is 2.33. The van der Waals surface area contributed by atoms with Crippen molar-refractivity contribution in [3.8, 4) is 0 Å². The van der Waals surface area contributed by atoms with Crippen molar-refractivity contribution in [2.24, 2.45) is 0 Å². The van der Waals surface area contributed by atoms with Crippen molar-refractivity contribution in [1.82, 2.24) is 4.72 Å². The quantitative estimate of drug-likeness (QED) is 0.644. The number of methoxy groups -OCH3 is 1. The first-order chi connectivity index (χ1) is 9.03. The molecule has 2 rings (SSSR count). The van der Waals surface area contributed by atoms with Gasteiger partial charge in [0.2, 0.25) is 10.0 Å². The number of benzene rings is 1. The molecule has 106 valence electrons. The van der Waals surface area contributed by atoms with Gasteiger partial charge in [-0.15, -0.1) is 11.6 Å². The number of alkyl halides is 1. The van der Waals surface area contributed by atoms with E-state index in [2.05, 4.69) is 4.72 Å². The van der Waals surface area contributed by atoms with Gasteiger partial charge in [0.05, 0.1) is 17.2 Å². The van der Waals surface area contributed by atoms with E-state index in [1.807, 2.05) is 24.3 Å². The van der Waals surface area contributed by atoms with Crippen LogP contribution < -0.4 is 4.72 Å². The highest BCUT2D eigenvalue weighted by Crippen LogP contribution is 2.35. The van der Waals surface area contributed by atoms with Gasteiger partial charge in [0.15, 0.2) is 0 Å². The van der Waals surface area contributed by atoms with E-state index in [9.17, 15) is 8.42 Å². The fraction of sp³-hybridized carbons (Fsp3) is 0.538. The molecule has 6 heteroatoms. The van der Waals surface area contributed by atoms with E-state index in [0.717, 1.165) is 11.1 Å². The molecule has 2 atom stereocenters. The smallest absolute Gasteiger partial charge is 0.212 e. The molecule has 0 bridgehead atoms. The standard InChI is InChI=1S/C13H18ClNO3S/c1-18-7-4-8-19(16,17)15-13-11-6-3-2-5-10(11)9-12(13)14/h2-3,5-6,12-13,15H,4,7-9H2,1H3. The van der Waals surface area contributed by atoms with Crippen LogP contribution in [0.2, 0.25) is 0 Å². The maximum Gasteiger partial charge on any atom is 0.212 e. The van der Waals surface area contributed by atoms with Crippen LogP contribution in [0.1, 0.15) is 23.6 Å². The van der Waals surface area contributed by atoms with Crippen molar-refractivity contribution < 1.29 is 13.2 Å². The molecule has 0 fully saturated rings. The lowest BCUT2D eigenvalue weighted by Gasteiger charge is -2.17. The van der Waals surface area contributed by atoms with Gasteiger partial charge in [0.25, 0.3) is 0 Å². The average molecular weight is 304 g/mol. The monoisotopic (exact) mass is 303 g/mol. The van der Waals surface area contributed by atoms with Gasteiger partial charge in [0, 0.05) is 13.7 Å². The predicted octanol–water partition coefficient (Wildman–Crippen LogP) is 1.85. The van der Waals surface area contributed by atoms with Gasteiger partial charge < -0.3 is 4.74 Å². The minimum atomic E-state index is -3.33. The zero-order chi connectivity index (χ0) is 13.9. The maximum absolute atomic E-state index is 12.0.